The third kappa shape index (κ3) is 4.57. The van der Waals surface area contributed by atoms with Crippen LogP contribution in [0, 0.1) is 0 Å². The normalized spacial score (nSPS) is 11.5. The number of benzene rings is 1. The van der Waals surface area contributed by atoms with E-state index in [9.17, 15) is 13.2 Å². The van der Waals surface area contributed by atoms with Crippen LogP contribution < -0.4 is 9.47 Å². The molecule has 1 aromatic carbocycles. The Morgan fingerprint density at radius 1 is 1.00 bits per heavy atom. The molecule has 0 amide bonds. The average molecular weight is 450 g/mol. The summed E-state index contributed by atoms with van der Waals surface area (Å²) in [6.45, 7) is 0.212. The molecule has 0 spiro atoms. The fourth-order valence-corrected chi connectivity index (χ4v) is 3.79. The molecule has 0 N–H and O–H groups in total. The first-order valence-corrected chi connectivity index (χ1v) is 10.3. The molecule has 154 valence electrons. The Morgan fingerprint density at radius 3 is 2.43 bits per heavy atom. The van der Waals surface area contributed by atoms with E-state index in [-0.39, 0.29) is 23.3 Å². The van der Waals surface area contributed by atoms with Crippen molar-refractivity contribution < 1.29 is 22.6 Å². The number of halogens is 3. The number of ether oxygens (including phenoxy) is 2. The van der Waals surface area contributed by atoms with E-state index in [4.69, 9.17) is 9.47 Å². The molecule has 3 heterocycles. The molecule has 0 fully saturated rings. The van der Waals surface area contributed by atoms with Crippen LogP contribution in [0.25, 0.3) is 21.5 Å². The second-order valence-corrected chi connectivity index (χ2v) is 7.68. The second kappa shape index (κ2) is 8.36. The highest BCUT2D eigenvalue weighted by Crippen LogP contribution is 2.34. The summed E-state index contributed by atoms with van der Waals surface area (Å²) in [5.41, 5.74) is 0.343. The number of aromatic nitrogens is 4. The van der Waals surface area contributed by atoms with Crippen LogP contribution in [0.5, 0.6) is 11.6 Å². The lowest BCUT2D eigenvalue weighted by Crippen LogP contribution is -2.05. The number of rotatable bonds is 6. The van der Waals surface area contributed by atoms with Crippen LogP contribution in [0.15, 0.2) is 47.3 Å². The van der Waals surface area contributed by atoms with Crippen LogP contribution >= 0.6 is 22.7 Å². The monoisotopic (exact) mass is 450 g/mol. The summed E-state index contributed by atoms with van der Waals surface area (Å²) in [5.74, 6) is 0.982. The predicted molar refractivity (Wildman–Crippen MR) is 107 cm³/mol. The van der Waals surface area contributed by atoms with Crippen LogP contribution in [0.4, 0.5) is 13.2 Å². The summed E-state index contributed by atoms with van der Waals surface area (Å²) < 4.78 is 49.7. The van der Waals surface area contributed by atoms with Gasteiger partial charge in [0.25, 0.3) is 0 Å². The summed E-state index contributed by atoms with van der Waals surface area (Å²) in [6, 6.07) is 8.90. The molecule has 0 radical (unpaired) electrons. The van der Waals surface area contributed by atoms with Crippen molar-refractivity contribution in [3.63, 3.8) is 0 Å². The highest BCUT2D eigenvalue weighted by atomic mass is 32.1. The first-order chi connectivity index (χ1) is 14.4. The molecular formula is C19H13F3N4O2S2. The molecule has 6 nitrogen and oxygen atoms in total. The molecular weight excluding hydrogens is 437 g/mol. The van der Waals surface area contributed by atoms with Gasteiger partial charge in [0.2, 0.25) is 5.88 Å². The first-order valence-electron chi connectivity index (χ1n) is 8.50. The molecule has 0 aliphatic heterocycles. The average Bonchev–Trinajstić information content (AvgIpc) is 3.44. The Kier molecular flexibility index (Phi) is 5.64. The molecule has 3 aromatic heterocycles. The lowest BCUT2D eigenvalue weighted by atomic mass is 10.2. The van der Waals surface area contributed by atoms with Gasteiger partial charge in [-0.05, 0) is 17.7 Å². The highest BCUT2D eigenvalue weighted by Gasteiger charge is 2.34. The Labute approximate surface area is 177 Å². The SMILES string of the molecule is COc1ccc(COc2cc(-c3nccs3)nc(-c3nc(C(F)(F)F)cs3)n2)cc1. The molecule has 0 unspecified atom stereocenters. The summed E-state index contributed by atoms with van der Waals surface area (Å²) in [7, 11) is 1.58. The van der Waals surface area contributed by atoms with Crippen LogP contribution in [0.1, 0.15) is 11.3 Å². The number of alkyl halides is 3. The maximum absolute atomic E-state index is 12.9. The maximum atomic E-state index is 12.9. The van der Waals surface area contributed by atoms with Gasteiger partial charge in [-0.1, -0.05) is 12.1 Å². The third-order valence-electron chi connectivity index (χ3n) is 3.89. The van der Waals surface area contributed by atoms with Gasteiger partial charge in [0.15, 0.2) is 16.5 Å². The molecule has 0 aliphatic rings. The van der Waals surface area contributed by atoms with Crippen LogP contribution in [-0.2, 0) is 12.8 Å². The third-order valence-corrected chi connectivity index (χ3v) is 5.52. The van der Waals surface area contributed by atoms with E-state index in [0.29, 0.717) is 10.7 Å². The van der Waals surface area contributed by atoms with Crippen LogP contribution in [-0.4, -0.2) is 27.0 Å². The minimum Gasteiger partial charge on any atom is -0.497 e. The van der Waals surface area contributed by atoms with E-state index in [1.807, 2.05) is 12.1 Å². The summed E-state index contributed by atoms with van der Waals surface area (Å²) >= 11 is 2.17. The highest BCUT2D eigenvalue weighted by molar-refractivity contribution is 7.13. The largest absolute Gasteiger partial charge is 0.497 e. The molecule has 0 bridgehead atoms. The second-order valence-electron chi connectivity index (χ2n) is 5.92. The minimum absolute atomic E-state index is 0.0490. The van der Waals surface area contributed by atoms with Crippen LogP contribution in [0.3, 0.4) is 0 Å². The summed E-state index contributed by atoms with van der Waals surface area (Å²) in [6.07, 6.45) is -2.92. The number of methoxy groups -OCH3 is 1. The first kappa shape index (κ1) is 20.2. The van der Waals surface area contributed by atoms with Gasteiger partial charge >= 0.3 is 6.18 Å². The van der Waals surface area contributed by atoms with E-state index < -0.39 is 11.9 Å². The molecule has 0 saturated carbocycles. The Balaban J connectivity index is 1.65. The van der Waals surface area contributed by atoms with Crippen molar-refractivity contribution in [1.82, 2.24) is 19.9 Å². The molecule has 0 atom stereocenters. The Bertz CT molecular complexity index is 1130. The van der Waals surface area contributed by atoms with Crippen molar-refractivity contribution >= 4 is 22.7 Å². The fourth-order valence-electron chi connectivity index (χ4n) is 2.44. The van der Waals surface area contributed by atoms with Gasteiger partial charge in [-0.2, -0.15) is 18.2 Å². The summed E-state index contributed by atoms with van der Waals surface area (Å²) in [5, 5.41) is 3.36. The number of thiazole rings is 2. The maximum Gasteiger partial charge on any atom is 0.434 e. The topological polar surface area (TPSA) is 70.0 Å². The molecule has 4 rings (SSSR count). The van der Waals surface area contributed by atoms with Gasteiger partial charge in [-0.25, -0.2) is 15.0 Å². The van der Waals surface area contributed by atoms with Gasteiger partial charge in [-0.3, -0.25) is 0 Å². The Hall–Kier alpha value is -3.05. The van der Waals surface area contributed by atoms with E-state index in [1.54, 1.807) is 36.9 Å². The zero-order valence-corrected chi connectivity index (χ0v) is 17.0. The van der Waals surface area contributed by atoms with Crippen molar-refractivity contribution in [2.45, 2.75) is 12.8 Å². The minimum atomic E-state index is -4.53. The van der Waals surface area contributed by atoms with E-state index in [2.05, 4.69) is 19.9 Å². The molecule has 11 heteroatoms. The fraction of sp³-hybridized carbons (Fsp3) is 0.158. The number of nitrogens with zero attached hydrogens (tertiary/aromatic N) is 4. The van der Waals surface area contributed by atoms with Crippen molar-refractivity contribution in [2.75, 3.05) is 7.11 Å². The van der Waals surface area contributed by atoms with Gasteiger partial charge in [0.05, 0.1) is 7.11 Å². The molecule has 0 saturated heterocycles. The van der Waals surface area contributed by atoms with Gasteiger partial charge < -0.3 is 9.47 Å². The van der Waals surface area contributed by atoms with E-state index >= 15 is 0 Å². The van der Waals surface area contributed by atoms with E-state index in [0.717, 1.165) is 28.0 Å². The molecule has 0 aliphatic carbocycles. The van der Waals surface area contributed by atoms with Crippen molar-refractivity contribution in [1.29, 1.82) is 0 Å². The smallest absolute Gasteiger partial charge is 0.434 e. The van der Waals surface area contributed by atoms with Crippen LogP contribution in [0.2, 0.25) is 0 Å². The number of hydrogen-bond donors (Lipinski definition) is 0. The lowest BCUT2D eigenvalue weighted by Gasteiger charge is -2.09. The lowest BCUT2D eigenvalue weighted by molar-refractivity contribution is -0.140. The van der Waals surface area contributed by atoms with E-state index in [1.165, 1.54) is 11.3 Å². The molecule has 30 heavy (non-hydrogen) atoms. The summed E-state index contributed by atoms with van der Waals surface area (Å²) in [4.78, 5) is 16.4. The van der Waals surface area contributed by atoms with Gasteiger partial charge in [-0.15, -0.1) is 22.7 Å². The van der Waals surface area contributed by atoms with Crippen molar-refractivity contribution in [2.24, 2.45) is 0 Å². The zero-order chi connectivity index (χ0) is 21.1. The van der Waals surface area contributed by atoms with Gasteiger partial charge in [0.1, 0.15) is 23.1 Å². The van der Waals surface area contributed by atoms with Crippen molar-refractivity contribution in [3.05, 3.63) is 58.5 Å². The Morgan fingerprint density at radius 2 is 1.80 bits per heavy atom. The zero-order valence-electron chi connectivity index (χ0n) is 15.4. The van der Waals surface area contributed by atoms with Gasteiger partial charge in [0, 0.05) is 23.0 Å². The predicted octanol–water partition coefficient (Wildman–Crippen LogP) is 5.33. The quantitative estimate of drug-likeness (QED) is 0.396. The standard InChI is InChI=1S/C19H13F3N4O2S2/c1-27-12-4-2-11(3-5-12)9-28-15-8-13(17-23-6-7-29-17)24-16(26-15)18-25-14(10-30-18)19(20,21)22/h2-8,10H,9H2,1H3. The number of hydrogen-bond acceptors (Lipinski definition) is 8. The van der Waals surface area contributed by atoms with Crippen molar-refractivity contribution in [3.8, 4) is 33.2 Å². The molecule has 4 aromatic rings.